The summed E-state index contributed by atoms with van der Waals surface area (Å²) in [5.41, 5.74) is 10.7. The molecule has 1 aliphatic heterocycles. The van der Waals surface area contributed by atoms with Gasteiger partial charge in [0, 0.05) is 35.0 Å². The van der Waals surface area contributed by atoms with Gasteiger partial charge in [-0.3, -0.25) is 9.78 Å². The van der Waals surface area contributed by atoms with Crippen LogP contribution >= 0.6 is 0 Å². The monoisotopic (exact) mass is 495 g/mol. The maximum atomic E-state index is 11.1. The first-order valence-electron chi connectivity index (χ1n) is 12.7. The lowest BCUT2D eigenvalue weighted by Crippen LogP contribution is -2.07. The molecule has 8 heteroatoms. The van der Waals surface area contributed by atoms with Crippen LogP contribution in [0.1, 0.15) is 58.2 Å². The molecule has 0 spiro atoms. The van der Waals surface area contributed by atoms with Gasteiger partial charge in [0.1, 0.15) is 5.75 Å². The first kappa shape index (κ1) is 23.3. The lowest BCUT2D eigenvalue weighted by molar-refractivity contribution is -0.137. The topological polar surface area (TPSA) is 103 Å². The molecule has 0 saturated heterocycles. The summed E-state index contributed by atoms with van der Waals surface area (Å²) in [7, 11) is 1.77. The zero-order valence-electron chi connectivity index (χ0n) is 21.2. The van der Waals surface area contributed by atoms with Gasteiger partial charge in [0.05, 0.1) is 20.1 Å². The van der Waals surface area contributed by atoms with E-state index in [0.29, 0.717) is 18.3 Å². The third kappa shape index (κ3) is 4.26. The summed E-state index contributed by atoms with van der Waals surface area (Å²) >= 11 is 0. The molecule has 0 saturated carbocycles. The number of ether oxygens (including phenoxy) is 1. The molecule has 3 heterocycles. The highest BCUT2D eigenvalue weighted by atomic mass is 16.5. The van der Waals surface area contributed by atoms with Gasteiger partial charge < -0.3 is 9.84 Å². The van der Waals surface area contributed by atoms with E-state index in [2.05, 4.69) is 59.6 Å². The highest BCUT2D eigenvalue weighted by Gasteiger charge is 2.30. The molecule has 4 aromatic rings. The van der Waals surface area contributed by atoms with Crippen LogP contribution < -0.4 is 4.74 Å². The van der Waals surface area contributed by atoms with Crippen molar-refractivity contribution < 1.29 is 14.6 Å². The summed E-state index contributed by atoms with van der Waals surface area (Å²) in [4.78, 5) is 17.3. The smallest absolute Gasteiger partial charge is 0.304 e. The fourth-order valence-electron chi connectivity index (χ4n) is 6.05. The summed E-state index contributed by atoms with van der Waals surface area (Å²) in [5.74, 6) is 0.882. The van der Waals surface area contributed by atoms with Crippen molar-refractivity contribution in [2.45, 2.75) is 51.4 Å². The van der Waals surface area contributed by atoms with Gasteiger partial charge in [-0.2, -0.15) is 4.80 Å². The van der Waals surface area contributed by atoms with E-state index >= 15 is 0 Å². The second kappa shape index (κ2) is 9.10. The molecule has 0 unspecified atom stereocenters. The number of hydrogen-bond donors (Lipinski definition) is 1. The number of nitrogens with zero attached hydrogens (tertiary/aromatic N) is 5. The van der Waals surface area contributed by atoms with Gasteiger partial charge in [-0.1, -0.05) is 18.2 Å². The van der Waals surface area contributed by atoms with Gasteiger partial charge in [0.25, 0.3) is 0 Å². The number of aliphatic carboxylic acids is 1. The standard InChI is InChI=1S/C29H29N5O3/c1-16-9-19(29-31-33-34(3)32-29)10-17(2)28(16)24-6-4-5-22-18(7-8-23(22)24)11-21-13-26-25(14-30-21)20(15-37-26)12-27(35)36/h4-6,9-10,13-14,18,20H,7-8,11-12,15H2,1-3H3,(H,35,36)/t18-,20-/m0/s1. The Morgan fingerprint density at radius 2 is 1.95 bits per heavy atom. The van der Waals surface area contributed by atoms with E-state index in [0.717, 1.165) is 41.8 Å². The number of carboxylic acid groups (broad SMARTS) is 1. The normalized spacial score (nSPS) is 17.9. The average molecular weight is 496 g/mol. The summed E-state index contributed by atoms with van der Waals surface area (Å²) in [5, 5.41) is 21.7. The molecule has 2 aromatic heterocycles. The SMILES string of the molecule is Cc1cc(-c2nnn(C)n2)cc(C)c1-c1cccc2c1CC[C@H]2Cc1cc2c(cn1)[C@@H](CC(=O)O)CO2. The van der Waals surface area contributed by atoms with Crippen molar-refractivity contribution in [1.82, 2.24) is 25.2 Å². The fourth-order valence-corrected chi connectivity index (χ4v) is 6.05. The second-order valence-electron chi connectivity index (χ2n) is 10.2. The second-order valence-corrected chi connectivity index (χ2v) is 10.2. The molecule has 8 nitrogen and oxygen atoms in total. The summed E-state index contributed by atoms with van der Waals surface area (Å²) in [6.45, 7) is 4.72. The summed E-state index contributed by atoms with van der Waals surface area (Å²) in [6.07, 6.45) is 4.84. The first-order valence-corrected chi connectivity index (χ1v) is 12.7. The van der Waals surface area contributed by atoms with Crippen LogP contribution in [0.15, 0.2) is 42.6 Å². The van der Waals surface area contributed by atoms with E-state index in [1.165, 1.54) is 38.2 Å². The van der Waals surface area contributed by atoms with Crippen LogP contribution in [0.25, 0.3) is 22.5 Å². The van der Waals surface area contributed by atoms with Gasteiger partial charge in [0.15, 0.2) is 0 Å². The van der Waals surface area contributed by atoms with Crippen molar-refractivity contribution in [3.8, 4) is 28.3 Å². The third-order valence-electron chi connectivity index (χ3n) is 7.67. The molecule has 2 aromatic carbocycles. The Labute approximate surface area is 215 Å². The van der Waals surface area contributed by atoms with Crippen LogP contribution in [-0.2, 0) is 24.7 Å². The lowest BCUT2D eigenvalue weighted by atomic mass is 9.88. The van der Waals surface area contributed by atoms with Crippen LogP contribution in [0.4, 0.5) is 0 Å². The van der Waals surface area contributed by atoms with Crippen molar-refractivity contribution in [3.05, 3.63) is 76.1 Å². The minimum atomic E-state index is -0.811. The largest absolute Gasteiger partial charge is 0.493 e. The maximum Gasteiger partial charge on any atom is 0.304 e. The van der Waals surface area contributed by atoms with E-state index < -0.39 is 5.97 Å². The molecule has 37 heavy (non-hydrogen) atoms. The number of pyridine rings is 1. The summed E-state index contributed by atoms with van der Waals surface area (Å²) in [6, 6.07) is 13.0. The molecular formula is C29H29N5O3. The minimum absolute atomic E-state index is 0.0713. The highest BCUT2D eigenvalue weighted by Crippen LogP contribution is 2.43. The Morgan fingerprint density at radius 3 is 2.68 bits per heavy atom. The Bertz CT molecular complexity index is 1500. The molecule has 188 valence electrons. The molecule has 0 amide bonds. The number of carboxylic acids is 1. The molecular weight excluding hydrogens is 466 g/mol. The van der Waals surface area contributed by atoms with Gasteiger partial charge >= 0.3 is 5.97 Å². The van der Waals surface area contributed by atoms with Crippen molar-refractivity contribution in [1.29, 1.82) is 0 Å². The van der Waals surface area contributed by atoms with E-state index in [1.807, 2.05) is 12.3 Å². The minimum Gasteiger partial charge on any atom is -0.493 e. The third-order valence-corrected chi connectivity index (χ3v) is 7.67. The maximum absolute atomic E-state index is 11.1. The van der Waals surface area contributed by atoms with Crippen molar-refractivity contribution in [2.24, 2.45) is 7.05 Å². The van der Waals surface area contributed by atoms with E-state index in [4.69, 9.17) is 14.8 Å². The van der Waals surface area contributed by atoms with Crippen LogP contribution in [0.3, 0.4) is 0 Å². The number of fused-ring (bicyclic) bond motifs is 2. The van der Waals surface area contributed by atoms with Crippen molar-refractivity contribution in [3.63, 3.8) is 0 Å². The predicted molar refractivity (Wildman–Crippen MR) is 139 cm³/mol. The fraction of sp³-hybridized carbons (Fsp3) is 0.345. The number of rotatable bonds is 6. The van der Waals surface area contributed by atoms with Gasteiger partial charge in [-0.25, -0.2) is 0 Å². The Balaban J connectivity index is 1.28. The van der Waals surface area contributed by atoms with Crippen LogP contribution in [0, 0.1) is 13.8 Å². The van der Waals surface area contributed by atoms with Crippen molar-refractivity contribution in [2.75, 3.05) is 6.61 Å². The van der Waals surface area contributed by atoms with Crippen LogP contribution in [0.2, 0.25) is 0 Å². The van der Waals surface area contributed by atoms with Gasteiger partial charge in [-0.15, -0.1) is 10.2 Å². The molecule has 0 fully saturated rings. The van der Waals surface area contributed by atoms with E-state index in [1.54, 1.807) is 7.05 Å². The highest BCUT2D eigenvalue weighted by molar-refractivity contribution is 5.78. The van der Waals surface area contributed by atoms with Gasteiger partial charge in [0.2, 0.25) is 5.82 Å². The average Bonchev–Trinajstić information content (AvgIpc) is 3.58. The predicted octanol–water partition coefficient (Wildman–Crippen LogP) is 4.78. The van der Waals surface area contributed by atoms with Crippen molar-refractivity contribution >= 4 is 5.97 Å². The number of carbonyl (C=O) groups is 1. The quantitative estimate of drug-likeness (QED) is 0.411. The van der Waals surface area contributed by atoms with Crippen LogP contribution in [-0.4, -0.2) is 42.9 Å². The number of hydrogen-bond acceptors (Lipinski definition) is 6. The molecule has 0 bridgehead atoms. The molecule has 2 aliphatic rings. The lowest BCUT2D eigenvalue weighted by Gasteiger charge is -2.17. The number of aromatic nitrogens is 5. The molecule has 0 radical (unpaired) electrons. The Hall–Kier alpha value is -4.07. The Morgan fingerprint density at radius 1 is 1.14 bits per heavy atom. The van der Waals surface area contributed by atoms with E-state index in [-0.39, 0.29) is 12.3 Å². The Kier molecular flexibility index (Phi) is 5.74. The number of tetrazole rings is 1. The molecule has 1 aliphatic carbocycles. The zero-order valence-corrected chi connectivity index (χ0v) is 21.2. The van der Waals surface area contributed by atoms with Gasteiger partial charge in [-0.05, 0) is 89.8 Å². The number of aryl methyl sites for hydroxylation is 3. The number of benzene rings is 2. The molecule has 2 atom stereocenters. The zero-order chi connectivity index (χ0) is 25.7. The van der Waals surface area contributed by atoms with Crippen LogP contribution in [0.5, 0.6) is 5.75 Å². The van der Waals surface area contributed by atoms with E-state index in [9.17, 15) is 4.79 Å². The first-order chi connectivity index (χ1) is 17.9. The summed E-state index contributed by atoms with van der Waals surface area (Å²) < 4.78 is 5.82. The molecule has 1 N–H and O–H groups in total. The molecule has 6 rings (SSSR count).